The van der Waals surface area contributed by atoms with Crippen LogP contribution >= 0.6 is 0 Å². The van der Waals surface area contributed by atoms with Crippen LogP contribution in [-0.2, 0) is 6.42 Å². The molecule has 1 heterocycles. The fraction of sp³-hybridized carbons (Fsp3) is 0.278. The zero-order chi connectivity index (χ0) is 15.1. The van der Waals surface area contributed by atoms with Gasteiger partial charge in [-0.05, 0) is 31.4 Å². The third-order valence-corrected chi connectivity index (χ3v) is 3.32. The minimum absolute atomic E-state index is 0.0234. The molecule has 2 rings (SSSR count). The number of hydrogen-bond donors (Lipinski definition) is 2. The first-order valence-electron chi connectivity index (χ1n) is 7.33. The lowest BCUT2D eigenvalue weighted by molar-refractivity contribution is 0.212. The van der Waals surface area contributed by atoms with Crippen molar-refractivity contribution in [3.8, 4) is 0 Å². The van der Waals surface area contributed by atoms with Crippen LogP contribution in [0.4, 0.5) is 0 Å². The first kappa shape index (κ1) is 15.3. The standard InChI is InChI=1S/C18H21NO2/c1-2-3-4-5-8-15(20)12-11-14-13-18(21)16-9-6-7-10-17(16)19-14/h3-10,13,15,20H,2,11-12H2,1H3,(H,19,21). The van der Waals surface area contributed by atoms with Gasteiger partial charge in [0.1, 0.15) is 0 Å². The quantitative estimate of drug-likeness (QED) is 0.799. The number of allylic oxidation sites excluding steroid dienone is 3. The summed E-state index contributed by atoms with van der Waals surface area (Å²) in [7, 11) is 0. The maximum absolute atomic E-state index is 12.0. The largest absolute Gasteiger partial charge is 0.389 e. The summed E-state index contributed by atoms with van der Waals surface area (Å²) in [5.41, 5.74) is 1.72. The number of aliphatic hydroxyl groups is 1. The van der Waals surface area contributed by atoms with Crippen LogP contribution in [0.3, 0.4) is 0 Å². The molecule has 21 heavy (non-hydrogen) atoms. The van der Waals surface area contributed by atoms with Crippen molar-refractivity contribution in [3.05, 3.63) is 70.6 Å². The summed E-state index contributed by atoms with van der Waals surface area (Å²) in [5, 5.41) is 10.6. The Labute approximate surface area is 124 Å². The van der Waals surface area contributed by atoms with Crippen molar-refractivity contribution in [2.75, 3.05) is 0 Å². The van der Waals surface area contributed by atoms with Gasteiger partial charge in [0.2, 0.25) is 0 Å². The summed E-state index contributed by atoms with van der Waals surface area (Å²) >= 11 is 0. The van der Waals surface area contributed by atoms with E-state index in [0.29, 0.717) is 18.2 Å². The first-order valence-corrected chi connectivity index (χ1v) is 7.33. The summed E-state index contributed by atoms with van der Waals surface area (Å²) in [4.78, 5) is 15.2. The minimum atomic E-state index is -0.499. The van der Waals surface area contributed by atoms with Crippen LogP contribution in [0.5, 0.6) is 0 Å². The normalized spacial score (nSPS) is 13.4. The molecule has 1 unspecified atom stereocenters. The lowest BCUT2D eigenvalue weighted by Gasteiger charge is -2.07. The summed E-state index contributed by atoms with van der Waals surface area (Å²) < 4.78 is 0. The van der Waals surface area contributed by atoms with Gasteiger partial charge in [0.25, 0.3) is 0 Å². The number of para-hydroxylation sites is 1. The molecule has 0 saturated heterocycles. The van der Waals surface area contributed by atoms with Crippen molar-refractivity contribution in [1.82, 2.24) is 4.98 Å². The predicted molar refractivity (Wildman–Crippen MR) is 87.5 cm³/mol. The number of nitrogens with one attached hydrogen (secondary N) is 1. The number of rotatable bonds is 6. The van der Waals surface area contributed by atoms with Gasteiger partial charge in [-0.15, -0.1) is 0 Å². The van der Waals surface area contributed by atoms with Crippen molar-refractivity contribution in [2.24, 2.45) is 0 Å². The van der Waals surface area contributed by atoms with E-state index >= 15 is 0 Å². The SMILES string of the molecule is CCC=CC=CC(O)CCc1cc(=O)c2ccccc2[nH]1. The average molecular weight is 283 g/mol. The Kier molecular flexibility index (Phi) is 5.52. The molecular formula is C18H21NO2. The fourth-order valence-corrected chi connectivity index (χ4v) is 2.19. The van der Waals surface area contributed by atoms with Gasteiger partial charge in [-0.1, -0.05) is 43.4 Å². The number of aromatic nitrogens is 1. The van der Waals surface area contributed by atoms with Gasteiger partial charge < -0.3 is 10.1 Å². The molecule has 2 aromatic rings. The maximum atomic E-state index is 12.0. The second-order valence-corrected chi connectivity index (χ2v) is 5.03. The van der Waals surface area contributed by atoms with Crippen LogP contribution in [0, 0.1) is 0 Å². The smallest absolute Gasteiger partial charge is 0.189 e. The Morgan fingerprint density at radius 2 is 2.10 bits per heavy atom. The molecule has 0 saturated carbocycles. The number of aliphatic hydroxyl groups excluding tert-OH is 1. The molecule has 3 nitrogen and oxygen atoms in total. The van der Waals surface area contributed by atoms with Gasteiger partial charge in [0, 0.05) is 22.7 Å². The van der Waals surface area contributed by atoms with Crippen molar-refractivity contribution < 1.29 is 5.11 Å². The molecule has 0 radical (unpaired) electrons. The van der Waals surface area contributed by atoms with Gasteiger partial charge in [-0.25, -0.2) is 0 Å². The van der Waals surface area contributed by atoms with E-state index < -0.39 is 6.10 Å². The van der Waals surface area contributed by atoms with Crippen LogP contribution in [0.2, 0.25) is 0 Å². The van der Waals surface area contributed by atoms with Gasteiger partial charge >= 0.3 is 0 Å². The predicted octanol–water partition coefficient (Wildman–Crippen LogP) is 3.34. The molecule has 0 aliphatic rings. The molecule has 0 fully saturated rings. The highest BCUT2D eigenvalue weighted by molar-refractivity contribution is 5.78. The summed E-state index contributed by atoms with van der Waals surface area (Å²) in [6.45, 7) is 2.07. The third kappa shape index (κ3) is 4.43. The van der Waals surface area contributed by atoms with Crippen LogP contribution in [0.1, 0.15) is 25.5 Å². The van der Waals surface area contributed by atoms with Crippen LogP contribution in [0.25, 0.3) is 10.9 Å². The lowest BCUT2D eigenvalue weighted by atomic mass is 10.1. The maximum Gasteiger partial charge on any atom is 0.189 e. The van der Waals surface area contributed by atoms with E-state index in [4.69, 9.17) is 0 Å². The van der Waals surface area contributed by atoms with E-state index in [-0.39, 0.29) is 5.43 Å². The summed E-state index contributed by atoms with van der Waals surface area (Å²) in [6, 6.07) is 9.09. The Balaban J connectivity index is 2.02. The zero-order valence-electron chi connectivity index (χ0n) is 12.3. The van der Waals surface area contributed by atoms with Crippen LogP contribution < -0.4 is 5.43 Å². The molecule has 0 amide bonds. The molecule has 1 aromatic carbocycles. The number of benzene rings is 1. The lowest BCUT2D eigenvalue weighted by Crippen LogP contribution is -2.08. The van der Waals surface area contributed by atoms with Gasteiger partial charge in [-0.2, -0.15) is 0 Å². The van der Waals surface area contributed by atoms with Crippen molar-refractivity contribution in [2.45, 2.75) is 32.3 Å². The molecule has 0 aliphatic heterocycles. The Morgan fingerprint density at radius 3 is 2.90 bits per heavy atom. The minimum Gasteiger partial charge on any atom is -0.389 e. The number of H-pyrrole nitrogens is 1. The Bertz CT molecular complexity index is 698. The van der Waals surface area contributed by atoms with Crippen LogP contribution in [-0.4, -0.2) is 16.2 Å². The number of aryl methyl sites for hydroxylation is 1. The highest BCUT2D eigenvalue weighted by atomic mass is 16.3. The molecule has 0 aliphatic carbocycles. The molecule has 0 bridgehead atoms. The molecule has 110 valence electrons. The average Bonchev–Trinajstić information content (AvgIpc) is 2.50. The number of fused-ring (bicyclic) bond motifs is 1. The van der Waals surface area contributed by atoms with Crippen molar-refractivity contribution in [1.29, 1.82) is 0 Å². The zero-order valence-corrected chi connectivity index (χ0v) is 12.3. The second-order valence-electron chi connectivity index (χ2n) is 5.03. The van der Waals surface area contributed by atoms with Gasteiger partial charge in [0.15, 0.2) is 5.43 Å². The van der Waals surface area contributed by atoms with Crippen molar-refractivity contribution in [3.63, 3.8) is 0 Å². The second kappa shape index (κ2) is 7.60. The Morgan fingerprint density at radius 1 is 1.29 bits per heavy atom. The number of aromatic amines is 1. The fourth-order valence-electron chi connectivity index (χ4n) is 2.19. The molecular weight excluding hydrogens is 262 g/mol. The van der Waals surface area contributed by atoms with Gasteiger partial charge in [-0.3, -0.25) is 4.79 Å². The van der Waals surface area contributed by atoms with E-state index in [1.807, 2.05) is 42.5 Å². The Hall–Kier alpha value is -2.13. The van der Waals surface area contributed by atoms with E-state index in [1.54, 1.807) is 12.1 Å². The van der Waals surface area contributed by atoms with Crippen molar-refractivity contribution >= 4 is 10.9 Å². The first-order chi connectivity index (χ1) is 10.2. The molecule has 3 heteroatoms. The monoisotopic (exact) mass is 283 g/mol. The summed E-state index contributed by atoms with van der Waals surface area (Å²) in [5.74, 6) is 0. The van der Waals surface area contributed by atoms with E-state index in [0.717, 1.165) is 17.6 Å². The number of hydrogen-bond acceptors (Lipinski definition) is 2. The van der Waals surface area contributed by atoms with E-state index in [1.165, 1.54) is 0 Å². The number of pyridine rings is 1. The van der Waals surface area contributed by atoms with Crippen LogP contribution in [0.15, 0.2) is 59.4 Å². The van der Waals surface area contributed by atoms with E-state index in [9.17, 15) is 9.90 Å². The molecule has 2 N–H and O–H groups in total. The van der Waals surface area contributed by atoms with E-state index in [2.05, 4.69) is 11.9 Å². The summed E-state index contributed by atoms with van der Waals surface area (Å²) in [6.07, 6.45) is 9.31. The van der Waals surface area contributed by atoms with Gasteiger partial charge in [0.05, 0.1) is 6.10 Å². The third-order valence-electron chi connectivity index (χ3n) is 3.32. The molecule has 1 aromatic heterocycles. The topological polar surface area (TPSA) is 53.1 Å². The highest BCUT2D eigenvalue weighted by Gasteiger charge is 2.04. The molecule has 0 spiro atoms. The molecule has 1 atom stereocenters. The highest BCUT2D eigenvalue weighted by Crippen LogP contribution is 2.09.